The van der Waals surface area contributed by atoms with Crippen LogP contribution in [0.25, 0.3) is 0 Å². The maximum absolute atomic E-state index is 13.4. The van der Waals surface area contributed by atoms with Gasteiger partial charge in [0, 0.05) is 12.1 Å². The van der Waals surface area contributed by atoms with Crippen molar-refractivity contribution in [1.82, 2.24) is 5.32 Å². The van der Waals surface area contributed by atoms with E-state index in [1.807, 2.05) is 24.3 Å². The molecule has 2 aliphatic rings. The number of aryl methyl sites for hydroxylation is 1. The quantitative estimate of drug-likeness (QED) is 0.802. The lowest BCUT2D eigenvalue weighted by Crippen LogP contribution is -2.60. The maximum Gasteiger partial charge on any atom is 0.331 e. The Morgan fingerprint density at radius 3 is 2.69 bits per heavy atom. The summed E-state index contributed by atoms with van der Waals surface area (Å²) in [6.45, 7) is -0.238. The Bertz CT molecular complexity index is 1010. The molecule has 29 heavy (non-hydrogen) atoms. The molecule has 1 unspecified atom stereocenters. The largest absolute Gasteiger partial charge is 0.467 e. The second-order valence-electron chi connectivity index (χ2n) is 7.50. The first-order valence-electron chi connectivity index (χ1n) is 9.47. The summed E-state index contributed by atoms with van der Waals surface area (Å²) in [6.07, 6.45) is 1.43. The summed E-state index contributed by atoms with van der Waals surface area (Å²) in [4.78, 5) is 39.1. The fraction of sp³-hybridized carbons (Fsp3) is 0.318. The Labute approximate surface area is 167 Å². The van der Waals surface area contributed by atoms with Crippen LogP contribution in [0.3, 0.4) is 0 Å². The minimum Gasteiger partial charge on any atom is -0.467 e. The number of nitrogens with zero attached hydrogens (tertiary/aromatic N) is 1. The number of methoxy groups -OCH3 is 1. The van der Waals surface area contributed by atoms with Gasteiger partial charge in [-0.1, -0.05) is 24.3 Å². The topological polar surface area (TPSA) is 75.7 Å². The van der Waals surface area contributed by atoms with Crippen LogP contribution in [-0.2, 0) is 38.4 Å². The Kier molecular flexibility index (Phi) is 4.82. The summed E-state index contributed by atoms with van der Waals surface area (Å²) in [5, 5.41) is 2.83. The van der Waals surface area contributed by atoms with Crippen molar-refractivity contribution in [2.45, 2.75) is 31.2 Å². The van der Waals surface area contributed by atoms with Crippen LogP contribution in [0.1, 0.15) is 23.1 Å². The summed E-state index contributed by atoms with van der Waals surface area (Å²) in [7, 11) is 1.30. The smallest absolute Gasteiger partial charge is 0.331 e. The first-order chi connectivity index (χ1) is 13.9. The van der Waals surface area contributed by atoms with Crippen LogP contribution in [0, 0.1) is 5.82 Å². The highest BCUT2D eigenvalue weighted by atomic mass is 19.1. The number of hydrogen-bond donors (Lipinski definition) is 1. The lowest BCUT2D eigenvalue weighted by atomic mass is 9.78. The fourth-order valence-corrected chi connectivity index (χ4v) is 4.24. The number of ether oxygens (including phenoxy) is 1. The zero-order valence-corrected chi connectivity index (χ0v) is 16.0. The molecule has 0 radical (unpaired) electrons. The molecule has 1 N–H and O–H groups in total. The molecule has 0 bridgehead atoms. The Balaban J connectivity index is 1.55. The molecule has 0 saturated carbocycles. The van der Waals surface area contributed by atoms with Gasteiger partial charge in [-0.05, 0) is 47.7 Å². The van der Waals surface area contributed by atoms with Crippen molar-refractivity contribution in [3.63, 3.8) is 0 Å². The molecule has 0 saturated heterocycles. The monoisotopic (exact) mass is 396 g/mol. The van der Waals surface area contributed by atoms with Gasteiger partial charge in [0.25, 0.3) is 0 Å². The maximum atomic E-state index is 13.4. The molecule has 2 amide bonds. The predicted octanol–water partition coefficient (Wildman–Crippen LogP) is 1.93. The summed E-state index contributed by atoms with van der Waals surface area (Å²) in [6, 6.07) is 11.9. The lowest BCUT2D eigenvalue weighted by Gasteiger charge is -2.36. The number of esters is 1. The molecule has 1 aliphatic carbocycles. The summed E-state index contributed by atoms with van der Waals surface area (Å²) in [5.41, 5.74) is 2.04. The first-order valence-corrected chi connectivity index (χ1v) is 9.47. The van der Waals surface area contributed by atoms with E-state index in [0.29, 0.717) is 30.5 Å². The summed E-state index contributed by atoms with van der Waals surface area (Å²) >= 11 is 0. The fourth-order valence-electron chi connectivity index (χ4n) is 4.24. The minimum absolute atomic E-state index is 0.0515. The zero-order chi connectivity index (χ0) is 20.6. The van der Waals surface area contributed by atoms with E-state index < -0.39 is 23.2 Å². The van der Waals surface area contributed by atoms with E-state index in [-0.39, 0.29) is 18.9 Å². The molecule has 0 aromatic heterocycles. The van der Waals surface area contributed by atoms with Crippen LogP contribution in [0.4, 0.5) is 10.1 Å². The Hall–Kier alpha value is -3.22. The van der Waals surface area contributed by atoms with Crippen molar-refractivity contribution in [3.8, 4) is 0 Å². The first kappa shape index (κ1) is 19.1. The average molecular weight is 396 g/mol. The number of amides is 2. The molecule has 0 fully saturated rings. The van der Waals surface area contributed by atoms with Gasteiger partial charge in [0.1, 0.15) is 17.9 Å². The molecule has 1 heterocycles. The van der Waals surface area contributed by atoms with Crippen molar-refractivity contribution < 1.29 is 23.5 Å². The molecule has 150 valence electrons. The van der Waals surface area contributed by atoms with Gasteiger partial charge in [0.2, 0.25) is 11.8 Å². The number of benzene rings is 2. The normalized spacial score (nSPS) is 20.1. The molecule has 2 aromatic carbocycles. The van der Waals surface area contributed by atoms with Gasteiger partial charge in [0.15, 0.2) is 0 Å². The van der Waals surface area contributed by atoms with Crippen LogP contribution >= 0.6 is 0 Å². The van der Waals surface area contributed by atoms with Gasteiger partial charge in [-0.2, -0.15) is 0 Å². The molecule has 2 aromatic rings. The van der Waals surface area contributed by atoms with Gasteiger partial charge < -0.3 is 15.0 Å². The van der Waals surface area contributed by atoms with Crippen LogP contribution in [0.2, 0.25) is 0 Å². The van der Waals surface area contributed by atoms with Crippen molar-refractivity contribution in [2.75, 3.05) is 18.6 Å². The van der Waals surface area contributed by atoms with E-state index in [2.05, 4.69) is 5.32 Å². The van der Waals surface area contributed by atoms with Gasteiger partial charge in [-0.25, -0.2) is 9.18 Å². The average Bonchev–Trinajstić information content (AvgIpc) is 3.01. The van der Waals surface area contributed by atoms with E-state index in [4.69, 9.17) is 4.74 Å². The third kappa shape index (κ3) is 3.48. The number of rotatable bonds is 4. The Morgan fingerprint density at radius 2 is 1.93 bits per heavy atom. The van der Waals surface area contributed by atoms with E-state index in [1.165, 1.54) is 30.2 Å². The number of anilines is 1. The van der Waals surface area contributed by atoms with Crippen LogP contribution in [0.15, 0.2) is 42.5 Å². The van der Waals surface area contributed by atoms with Gasteiger partial charge in [-0.15, -0.1) is 0 Å². The molecular formula is C22H21FN2O4. The van der Waals surface area contributed by atoms with Crippen LogP contribution in [-0.4, -0.2) is 37.0 Å². The van der Waals surface area contributed by atoms with E-state index in [1.54, 1.807) is 0 Å². The molecule has 6 nitrogen and oxygen atoms in total. The number of nitrogens with one attached hydrogen (secondary N) is 1. The molecular weight excluding hydrogens is 375 g/mol. The Morgan fingerprint density at radius 1 is 1.17 bits per heavy atom. The SMILES string of the molecule is COC(=O)C1(NC(=O)CN2C(=O)Cc3cc(F)ccc32)CCc2ccccc2C1. The second kappa shape index (κ2) is 7.31. The van der Waals surface area contributed by atoms with Gasteiger partial charge >= 0.3 is 5.97 Å². The summed E-state index contributed by atoms with van der Waals surface area (Å²) in [5.74, 6) is -1.66. The lowest BCUT2D eigenvalue weighted by molar-refractivity contribution is -0.151. The standard InChI is InChI=1S/C22H21FN2O4/c1-29-21(28)22(9-8-14-4-2-3-5-15(14)12-22)24-19(26)13-25-18-7-6-17(23)10-16(18)11-20(25)27/h2-7,10H,8-9,11-13H2,1H3,(H,24,26). The van der Waals surface area contributed by atoms with Crippen LogP contribution in [0.5, 0.6) is 0 Å². The highest BCUT2D eigenvalue weighted by Gasteiger charge is 2.44. The highest BCUT2D eigenvalue weighted by Crippen LogP contribution is 2.31. The number of fused-ring (bicyclic) bond motifs is 2. The molecule has 1 aliphatic heterocycles. The predicted molar refractivity (Wildman–Crippen MR) is 104 cm³/mol. The molecule has 7 heteroatoms. The third-order valence-corrected chi connectivity index (χ3v) is 5.66. The zero-order valence-electron chi connectivity index (χ0n) is 16.0. The van der Waals surface area contributed by atoms with Gasteiger partial charge in [0.05, 0.1) is 13.5 Å². The molecule has 0 spiro atoms. The number of halogens is 1. The second-order valence-corrected chi connectivity index (χ2v) is 7.50. The van der Waals surface area contributed by atoms with E-state index in [0.717, 1.165) is 11.1 Å². The number of carbonyl (C=O) groups excluding carboxylic acids is 3. The van der Waals surface area contributed by atoms with E-state index in [9.17, 15) is 18.8 Å². The number of carbonyl (C=O) groups is 3. The van der Waals surface area contributed by atoms with E-state index >= 15 is 0 Å². The van der Waals surface area contributed by atoms with Crippen molar-refractivity contribution in [2.24, 2.45) is 0 Å². The highest BCUT2D eigenvalue weighted by molar-refractivity contribution is 6.05. The van der Waals surface area contributed by atoms with Crippen LogP contribution < -0.4 is 10.2 Å². The minimum atomic E-state index is -1.17. The number of hydrogen-bond acceptors (Lipinski definition) is 4. The van der Waals surface area contributed by atoms with Crippen molar-refractivity contribution in [1.29, 1.82) is 0 Å². The van der Waals surface area contributed by atoms with Crippen molar-refractivity contribution >= 4 is 23.5 Å². The third-order valence-electron chi connectivity index (χ3n) is 5.66. The van der Waals surface area contributed by atoms with Crippen molar-refractivity contribution in [3.05, 3.63) is 65.0 Å². The summed E-state index contributed by atoms with van der Waals surface area (Å²) < 4.78 is 18.4. The van der Waals surface area contributed by atoms with Gasteiger partial charge in [-0.3, -0.25) is 9.59 Å². The molecule has 4 rings (SSSR count). The molecule has 1 atom stereocenters.